The number of carboxylic acids is 1. The molecule has 1 N–H and O–H groups in total. The topological polar surface area (TPSA) is 67.5 Å². The van der Waals surface area contributed by atoms with Gasteiger partial charge in [0.05, 0.1) is 11.6 Å². The Hall–Kier alpha value is -1.91. The number of carbonyl (C=O) groups is 1. The predicted octanol–water partition coefficient (Wildman–Crippen LogP) is 1.30. The molecule has 0 saturated carbocycles. The molecule has 16 heavy (non-hydrogen) atoms. The molecule has 5 heteroatoms. The summed E-state index contributed by atoms with van der Waals surface area (Å²) in [6.07, 6.45) is 3.98. The van der Waals surface area contributed by atoms with E-state index in [-0.39, 0.29) is 0 Å². The third-order valence-corrected chi connectivity index (χ3v) is 2.55. The molecule has 1 unspecified atom stereocenters. The number of fused-ring (bicyclic) bond motifs is 1. The van der Waals surface area contributed by atoms with Crippen molar-refractivity contribution in [1.29, 1.82) is 0 Å². The van der Waals surface area contributed by atoms with E-state index in [0.717, 1.165) is 17.2 Å². The van der Waals surface area contributed by atoms with Crippen molar-refractivity contribution in [3.05, 3.63) is 30.0 Å². The molecule has 0 amide bonds. The van der Waals surface area contributed by atoms with Gasteiger partial charge >= 0.3 is 5.97 Å². The van der Waals surface area contributed by atoms with Crippen LogP contribution in [0, 0.1) is 12.8 Å². The van der Waals surface area contributed by atoms with Crippen LogP contribution in [0.15, 0.2) is 18.5 Å². The molecule has 0 saturated heterocycles. The third kappa shape index (κ3) is 1.88. The van der Waals surface area contributed by atoms with Crippen LogP contribution in [-0.2, 0) is 11.2 Å². The molecule has 2 aromatic rings. The van der Waals surface area contributed by atoms with E-state index < -0.39 is 11.9 Å². The van der Waals surface area contributed by atoms with Gasteiger partial charge < -0.3 is 5.11 Å². The van der Waals surface area contributed by atoms with Gasteiger partial charge in [0, 0.05) is 18.8 Å². The van der Waals surface area contributed by atoms with Gasteiger partial charge in [-0.3, -0.25) is 9.20 Å². The predicted molar refractivity (Wildman–Crippen MR) is 58.2 cm³/mol. The van der Waals surface area contributed by atoms with Crippen LogP contribution >= 0.6 is 0 Å². The normalized spacial score (nSPS) is 12.9. The smallest absolute Gasteiger partial charge is 0.306 e. The summed E-state index contributed by atoms with van der Waals surface area (Å²) in [5.41, 5.74) is 1.59. The van der Waals surface area contributed by atoms with Gasteiger partial charge in [0.2, 0.25) is 0 Å². The lowest BCUT2D eigenvalue weighted by atomic mass is 10.1. The Morgan fingerprint density at radius 2 is 2.38 bits per heavy atom. The summed E-state index contributed by atoms with van der Waals surface area (Å²) in [4.78, 5) is 19.2. The molecule has 0 bridgehead atoms. The van der Waals surface area contributed by atoms with Crippen LogP contribution in [0.5, 0.6) is 0 Å². The maximum absolute atomic E-state index is 10.7. The molecule has 2 rings (SSSR count). The molecule has 0 aromatic carbocycles. The highest BCUT2D eigenvalue weighted by molar-refractivity contribution is 5.69. The summed E-state index contributed by atoms with van der Waals surface area (Å²) in [5.74, 6) is -0.371. The zero-order valence-electron chi connectivity index (χ0n) is 9.21. The minimum atomic E-state index is -0.799. The second-order valence-electron chi connectivity index (χ2n) is 3.90. The Bertz CT molecular complexity index is 533. The number of aromatic nitrogens is 3. The molecular weight excluding hydrogens is 206 g/mol. The fraction of sp³-hybridized carbons (Fsp3) is 0.364. The van der Waals surface area contributed by atoms with Gasteiger partial charge in [-0.15, -0.1) is 0 Å². The summed E-state index contributed by atoms with van der Waals surface area (Å²) >= 11 is 0. The molecule has 0 aliphatic rings. The largest absolute Gasteiger partial charge is 0.481 e. The minimum absolute atomic E-state index is 0.418. The number of aryl methyl sites for hydroxylation is 1. The first-order chi connectivity index (χ1) is 7.58. The number of aliphatic carboxylic acids is 1. The minimum Gasteiger partial charge on any atom is -0.481 e. The average Bonchev–Trinajstić information content (AvgIpc) is 2.61. The Balaban J connectivity index is 2.33. The van der Waals surface area contributed by atoms with E-state index >= 15 is 0 Å². The highest BCUT2D eigenvalue weighted by atomic mass is 16.4. The first-order valence-corrected chi connectivity index (χ1v) is 5.10. The van der Waals surface area contributed by atoms with E-state index in [9.17, 15) is 4.79 Å². The van der Waals surface area contributed by atoms with Crippen molar-refractivity contribution in [1.82, 2.24) is 14.4 Å². The van der Waals surface area contributed by atoms with Gasteiger partial charge in [-0.2, -0.15) is 0 Å². The van der Waals surface area contributed by atoms with Crippen molar-refractivity contribution < 1.29 is 9.90 Å². The Labute approximate surface area is 92.8 Å². The fourth-order valence-corrected chi connectivity index (χ4v) is 1.60. The molecule has 84 valence electrons. The van der Waals surface area contributed by atoms with Gasteiger partial charge in [-0.05, 0) is 13.0 Å². The van der Waals surface area contributed by atoms with Gasteiger partial charge in [-0.25, -0.2) is 9.97 Å². The second kappa shape index (κ2) is 3.92. The molecule has 5 nitrogen and oxygen atoms in total. The van der Waals surface area contributed by atoms with Crippen molar-refractivity contribution in [3.63, 3.8) is 0 Å². The van der Waals surface area contributed by atoms with Crippen LogP contribution in [0.1, 0.15) is 18.4 Å². The monoisotopic (exact) mass is 219 g/mol. The summed E-state index contributed by atoms with van der Waals surface area (Å²) in [6, 6.07) is 1.81. The van der Waals surface area contributed by atoms with Gasteiger partial charge in [-0.1, -0.05) is 6.92 Å². The molecule has 0 radical (unpaired) electrons. The van der Waals surface area contributed by atoms with Gasteiger partial charge in [0.15, 0.2) is 0 Å². The first-order valence-electron chi connectivity index (χ1n) is 5.10. The zero-order valence-corrected chi connectivity index (χ0v) is 9.21. The van der Waals surface area contributed by atoms with Crippen molar-refractivity contribution in [2.75, 3.05) is 0 Å². The van der Waals surface area contributed by atoms with E-state index in [0.29, 0.717) is 6.42 Å². The number of rotatable bonds is 3. The lowest BCUT2D eigenvalue weighted by Gasteiger charge is -2.01. The van der Waals surface area contributed by atoms with Crippen molar-refractivity contribution in [3.8, 4) is 0 Å². The highest BCUT2D eigenvalue weighted by Gasteiger charge is 2.14. The first kappa shape index (κ1) is 10.6. The maximum atomic E-state index is 10.7. The molecule has 2 heterocycles. The van der Waals surface area contributed by atoms with Crippen LogP contribution in [0.3, 0.4) is 0 Å². The highest BCUT2D eigenvalue weighted by Crippen LogP contribution is 2.11. The summed E-state index contributed by atoms with van der Waals surface area (Å²) in [5, 5.41) is 8.83. The standard InChI is InChI=1S/C11H13N3O2/c1-7(11(15)16)5-9-6-14-8(2)12-4-3-10(14)13-9/h3-4,6-7H,5H2,1-2H3,(H,15,16). The lowest BCUT2D eigenvalue weighted by molar-refractivity contribution is -0.141. The SMILES string of the molecule is Cc1nccc2nc(CC(C)C(=O)O)cn12. The number of hydrogen-bond acceptors (Lipinski definition) is 3. The summed E-state index contributed by atoms with van der Waals surface area (Å²) < 4.78 is 1.86. The van der Waals surface area contributed by atoms with Crippen molar-refractivity contribution in [2.45, 2.75) is 20.3 Å². The Morgan fingerprint density at radius 3 is 3.00 bits per heavy atom. The van der Waals surface area contributed by atoms with Crippen LogP contribution < -0.4 is 0 Å². The third-order valence-electron chi connectivity index (χ3n) is 2.55. The maximum Gasteiger partial charge on any atom is 0.306 e. The molecule has 0 aliphatic heterocycles. The molecule has 0 aliphatic carbocycles. The molecular formula is C11H13N3O2. The van der Waals surface area contributed by atoms with Gasteiger partial charge in [0.1, 0.15) is 11.5 Å². The average molecular weight is 219 g/mol. The van der Waals surface area contributed by atoms with E-state index in [2.05, 4.69) is 9.97 Å². The molecule has 0 spiro atoms. The summed E-state index contributed by atoms with van der Waals surface area (Å²) in [7, 11) is 0. The Morgan fingerprint density at radius 1 is 1.62 bits per heavy atom. The zero-order chi connectivity index (χ0) is 11.7. The number of imidazole rings is 1. The molecule has 2 aromatic heterocycles. The fourth-order valence-electron chi connectivity index (χ4n) is 1.60. The number of nitrogens with zero attached hydrogens (tertiary/aromatic N) is 3. The van der Waals surface area contributed by atoms with Crippen LogP contribution in [0.2, 0.25) is 0 Å². The lowest BCUT2D eigenvalue weighted by Crippen LogP contribution is -2.12. The van der Waals surface area contributed by atoms with E-state index in [1.807, 2.05) is 23.6 Å². The van der Waals surface area contributed by atoms with Crippen molar-refractivity contribution in [2.24, 2.45) is 5.92 Å². The number of carboxylic acid groups (broad SMARTS) is 1. The second-order valence-corrected chi connectivity index (χ2v) is 3.90. The number of hydrogen-bond donors (Lipinski definition) is 1. The van der Waals surface area contributed by atoms with Crippen LogP contribution in [-0.4, -0.2) is 25.4 Å². The van der Waals surface area contributed by atoms with E-state index in [4.69, 9.17) is 5.11 Å². The van der Waals surface area contributed by atoms with Crippen LogP contribution in [0.4, 0.5) is 0 Å². The summed E-state index contributed by atoms with van der Waals surface area (Å²) in [6.45, 7) is 3.57. The molecule has 0 fully saturated rings. The molecule has 1 atom stereocenters. The van der Waals surface area contributed by atoms with Crippen LogP contribution in [0.25, 0.3) is 5.65 Å². The van der Waals surface area contributed by atoms with E-state index in [1.54, 1.807) is 13.1 Å². The Kier molecular flexibility index (Phi) is 2.60. The van der Waals surface area contributed by atoms with E-state index in [1.165, 1.54) is 0 Å². The quantitative estimate of drug-likeness (QED) is 0.844. The van der Waals surface area contributed by atoms with Gasteiger partial charge in [0.25, 0.3) is 0 Å². The van der Waals surface area contributed by atoms with Crippen molar-refractivity contribution >= 4 is 11.6 Å².